The molecule has 80 valence electrons. The van der Waals surface area contributed by atoms with Gasteiger partial charge in [-0.15, -0.1) is 0 Å². The van der Waals surface area contributed by atoms with Crippen LogP contribution >= 0.6 is 0 Å². The van der Waals surface area contributed by atoms with Crippen LogP contribution in [0.5, 0.6) is 0 Å². The summed E-state index contributed by atoms with van der Waals surface area (Å²) in [5.74, 6) is -0.529. The fraction of sp³-hybridized carbons (Fsp3) is 0.200. The number of rotatable bonds is 4. The van der Waals surface area contributed by atoms with Gasteiger partial charge in [-0.3, -0.25) is 20.4 Å². The molecule has 15 heavy (non-hydrogen) atoms. The highest BCUT2D eigenvalue weighted by Gasteiger charge is 2.00. The van der Waals surface area contributed by atoms with Crippen molar-refractivity contribution >= 4 is 17.5 Å². The van der Waals surface area contributed by atoms with Crippen LogP contribution in [-0.2, 0) is 9.59 Å². The molecule has 5 nitrogen and oxygen atoms in total. The van der Waals surface area contributed by atoms with E-state index in [1.54, 1.807) is 0 Å². The Morgan fingerprint density at radius 3 is 2.47 bits per heavy atom. The summed E-state index contributed by atoms with van der Waals surface area (Å²) in [5.41, 5.74) is 5.95. The van der Waals surface area contributed by atoms with Gasteiger partial charge in [-0.25, -0.2) is 0 Å². The molecule has 0 radical (unpaired) electrons. The quantitative estimate of drug-likeness (QED) is 0.620. The monoisotopic (exact) mass is 207 g/mol. The van der Waals surface area contributed by atoms with Crippen LogP contribution in [0.2, 0.25) is 0 Å². The molecule has 0 aliphatic rings. The second-order valence-corrected chi connectivity index (χ2v) is 2.95. The fourth-order valence-electron chi connectivity index (χ4n) is 0.912. The molecule has 0 aliphatic heterocycles. The summed E-state index contributed by atoms with van der Waals surface area (Å²) in [6.45, 7) is 1.33. The maximum atomic E-state index is 11.1. The van der Waals surface area contributed by atoms with E-state index in [-0.39, 0.29) is 18.4 Å². The van der Waals surface area contributed by atoms with Gasteiger partial charge in [-0.05, 0) is 12.1 Å². The number of hydrogen-bond acceptors (Lipinski definition) is 3. The highest BCUT2D eigenvalue weighted by atomic mass is 16.2. The Morgan fingerprint density at radius 1 is 1.20 bits per heavy atom. The molecule has 5 heteroatoms. The molecule has 0 saturated heterocycles. The van der Waals surface area contributed by atoms with Gasteiger partial charge in [0, 0.05) is 6.92 Å². The first-order valence-corrected chi connectivity index (χ1v) is 4.53. The van der Waals surface area contributed by atoms with Gasteiger partial charge in [0.25, 0.3) is 5.91 Å². The molecule has 0 fully saturated rings. The van der Waals surface area contributed by atoms with Gasteiger partial charge in [-0.2, -0.15) is 0 Å². The number of benzene rings is 1. The number of hydrogen-bond donors (Lipinski definition) is 3. The van der Waals surface area contributed by atoms with E-state index >= 15 is 0 Å². The van der Waals surface area contributed by atoms with Crippen LogP contribution < -0.4 is 16.2 Å². The lowest BCUT2D eigenvalue weighted by Gasteiger charge is -2.08. The molecule has 0 heterocycles. The Balaban J connectivity index is 2.26. The van der Waals surface area contributed by atoms with Crippen molar-refractivity contribution in [2.24, 2.45) is 0 Å². The van der Waals surface area contributed by atoms with E-state index in [1.807, 2.05) is 30.3 Å². The molecule has 0 spiro atoms. The number of hydrazine groups is 1. The molecule has 0 unspecified atom stereocenters. The molecule has 1 aromatic rings. The van der Waals surface area contributed by atoms with Crippen molar-refractivity contribution in [1.29, 1.82) is 0 Å². The van der Waals surface area contributed by atoms with Crippen LogP contribution in [0.4, 0.5) is 5.69 Å². The smallest absolute Gasteiger partial charge is 0.257 e. The predicted molar refractivity (Wildman–Crippen MR) is 56.9 cm³/mol. The third-order valence-electron chi connectivity index (χ3n) is 1.62. The second-order valence-electron chi connectivity index (χ2n) is 2.95. The first-order chi connectivity index (χ1) is 7.18. The van der Waals surface area contributed by atoms with Gasteiger partial charge >= 0.3 is 0 Å². The van der Waals surface area contributed by atoms with Crippen molar-refractivity contribution in [3.8, 4) is 0 Å². The van der Waals surface area contributed by atoms with Gasteiger partial charge < -0.3 is 5.32 Å². The normalized spacial score (nSPS) is 9.13. The number of nitrogens with one attached hydrogen (secondary N) is 3. The van der Waals surface area contributed by atoms with Crippen LogP contribution in [-0.4, -0.2) is 18.4 Å². The van der Waals surface area contributed by atoms with E-state index < -0.39 is 0 Å². The van der Waals surface area contributed by atoms with Gasteiger partial charge in [0.05, 0.1) is 12.2 Å². The fourth-order valence-corrected chi connectivity index (χ4v) is 0.912. The van der Waals surface area contributed by atoms with E-state index in [0.717, 1.165) is 5.69 Å². The van der Waals surface area contributed by atoms with Crippen LogP contribution in [0.15, 0.2) is 30.3 Å². The third kappa shape index (κ3) is 4.66. The summed E-state index contributed by atoms with van der Waals surface area (Å²) < 4.78 is 0. The van der Waals surface area contributed by atoms with Crippen LogP contribution in [0.1, 0.15) is 6.92 Å². The zero-order chi connectivity index (χ0) is 11.1. The largest absolute Gasteiger partial charge is 0.347 e. The van der Waals surface area contributed by atoms with E-state index in [2.05, 4.69) is 16.2 Å². The van der Waals surface area contributed by atoms with Crippen LogP contribution in [0.25, 0.3) is 0 Å². The molecule has 0 aromatic heterocycles. The molecule has 2 amide bonds. The second kappa shape index (κ2) is 5.64. The lowest BCUT2D eigenvalue weighted by molar-refractivity contribution is -0.124. The van der Waals surface area contributed by atoms with E-state index in [9.17, 15) is 9.59 Å². The van der Waals surface area contributed by atoms with Crippen molar-refractivity contribution in [2.45, 2.75) is 6.92 Å². The van der Waals surface area contributed by atoms with Gasteiger partial charge in [0.1, 0.15) is 0 Å². The minimum absolute atomic E-state index is 0.0326. The summed E-state index contributed by atoms with van der Waals surface area (Å²) >= 11 is 0. The van der Waals surface area contributed by atoms with Crippen molar-refractivity contribution in [3.63, 3.8) is 0 Å². The Bertz CT molecular complexity index is 338. The van der Waals surface area contributed by atoms with Crippen molar-refractivity contribution < 1.29 is 9.59 Å². The van der Waals surface area contributed by atoms with Crippen molar-refractivity contribution in [3.05, 3.63) is 30.3 Å². The maximum Gasteiger partial charge on any atom is 0.257 e. The minimum Gasteiger partial charge on any atom is -0.347 e. The average Bonchev–Trinajstić information content (AvgIpc) is 2.25. The number of amides is 2. The Hall–Kier alpha value is -2.04. The lowest BCUT2D eigenvalue weighted by Crippen LogP contribution is -2.38. The predicted octanol–water partition coefficient (Wildman–Crippen LogP) is 0.266. The minimum atomic E-state index is -0.297. The van der Waals surface area contributed by atoms with E-state index in [1.165, 1.54) is 6.92 Å². The molecule has 0 saturated carbocycles. The first kappa shape index (κ1) is 11.0. The summed E-state index contributed by atoms with van der Waals surface area (Å²) in [6.07, 6.45) is 0. The highest BCUT2D eigenvalue weighted by Crippen LogP contribution is 2.01. The Labute approximate surface area is 87.8 Å². The van der Waals surface area contributed by atoms with E-state index in [0.29, 0.717) is 0 Å². The molecule has 0 bridgehead atoms. The summed E-state index contributed by atoms with van der Waals surface area (Å²) in [5, 5.41) is 2.39. The lowest BCUT2D eigenvalue weighted by atomic mass is 10.3. The zero-order valence-electron chi connectivity index (χ0n) is 8.41. The number of carbonyl (C=O) groups is 2. The molecule has 3 N–H and O–H groups in total. The first-order valence-electron chi connectivity index (χ1n) is 4.53. The molecule has 1 aromatic carbocycles. The van der Waals surface area contributed by atoms with E-state index in [4.69, 9.17) is 0 Å². The number of para-hydroxylation sites is 1. The van der Waals surface area contributed by atoms with Crippen LogP contribution in [0, 0.1) is 0 Å². The Kier molecular flexibility index (Phi) is 4.15. The molecule has 0 atom stereocenters. The average molecular weight is 207 g/mol. The van der Waals surface area contributed by atoms with Gasteiger partial charge in [0.15, 0.2) is 0 Å². The molecule has 0 aliphatic carbocycles. The summed E-state index contributed by atoms with van der Waals surface area (Å²) in [7, 11) is 0. The Morgan fingerprint density at radius 2 is 1.87 bits per heavy atom. The number of carbonyl (C=O) groups excluding carboxylic acids is 2. The summed E-state index contributed by atoms with van der Waals surface area (Å²) in [6, 6.07) is 9.21. The molecular formula is C10H13N3O2. The van der Waals surface area contributed by atoms with Crippen molar-refractivity contribution in [2.75, 3.05) is 12.0 Å². The van der Waals surface area contributed by atoms with Crippen LogP contribution in [0.3, 0.4) is 0 Å². The molecular weight excluding hydrogens is 194 g/mol. The van der Waals surface area contributed by atoms with Gasteiger partial charge in [-0.1, -0.05) is 18.2 Å². The van der Waals surface area contributed by atoms with Crippen molar-refractivity contribution in [1.82, 2.24) is 10.7 Å². The zero-order valence-corrected chi connectivity index (χ0v) is 8.41. The topological polar surface area (TPSA) is 70.2 Å². The SMILES string of the molecule is CC(=O)NCC(=O)NNc1ccccc1. The molecule has 1 rings (SSSR count). The van der Waals surface area contributed by atoms with Gasteiger partial charge in [0.2, 0.25) is 5.91 Å². The summed E-state index contributed by atoms with van der Waals surface area (Å²) in [4.78, 5) is 21.6. The number of anilines is 1. The highest BCUT2D eigenvalue weighted by molar-refractivity contribution is 5.84. The standard InChI is InChI=1S/C10H13N3O2/c1-8(14)11-7-10(15)13-12-9-5-3-2-4-6-9/h2-6,12H,7H2,1H3,(H,11,14)(H,13,15). The third-order valence-corrected chi connectivity index (χ3v) is 1.62. The maximum absolute atomic E-state index is 11.1.